The highest BCUT2D eigenvalue weighted by Crippen LogP contribution is 2.38. The van der Waals surface area contributed by atoms with Crippen molar-refractivity contribution in [3.8, 4) is 134 Å². The molecule has 6 aromatic heterocycles. The van der Waals surface area contributed by atoms with Crippen molar-refractivity contribution in [3.05, 3.63) is 466 Å². The highest BCUT2D eigenvalue weighted by atomic mass is 15.0. The van der Waals surface area contributed by atoms with Gasteiger partial charge in [-0.05, 0) is 295 Å². The zero-order valence-electron chi connectivity index (χ0n) is 84.1. The Labute approximate surface area is 807 Å². The molecule has 0 N–H and O–H groups in total. The van der Waals surface area contributed by atoms with Crippen LogP contribution in [0.25, 0.3) is 134 Å². The molecule has 0 radical (unpaired) electrons. The van der Waals surface area contributed by atoms with Crippen molar-refractivity contribution in [2.24, 2.45) is 42.3 Å². The van der Waals surface area contributed by atoms with E-state index in [1.165, 1.54) is 218 Å². The van der Waals surface area contributed by atoms with Crippen LogP contribution in [0.15, 0.2) is 383 Å². The van der Waals surface area contributed by atoms with Gasteiger partial charge < -0.3 is 0 Å². The van der Waals surface area contributed by atoms with Crippen LogP contribution in [0.5, 0.6) is 0 Å². The zero-order chi connectivity index (χ0) is 96.1. The largest absolute Gasteiger partial charge is 0.212 e. The van der Waals surface area contributed by atoms with Crippen LogP contribution < -0.4 is 27.4 Å². The third kappa shape index (κ3) is 25.1. The van der Waals surface area contributed by atoms with E-state index in [-0.39, 0.29) is 0 Å². The third-order valence-corrected chi connectivity index (χ3v) is 26.0. The maximum absolute atomic E-state index is 2.37. The average molecular weight is 1770 g/mol. The number of pyridine rings is 6. The topological polar surface area (TPSA) is 23.3 Å². The summed E-state index contributed by atoms with van der Waals surface area (Å²) in [4.78, 5) is 0. The first-order chi connectivity index (χ1) is 65.0. The van der Waals surface area contributed by atoms with Gasteiger partial charge in [0.2, 0.25) is 34.2 Å². The van der Waals surface area contributed by atoms with Gasteiger partial charge in [-0.25, -0.2) is 22.8 Å². The monoisotopic (exact) mass is 1770 g/mol. The molecule has 0 aliphatic carbocycles. The van der Waals surface area contributed by atoms with Gasteiger partial charge in [0.15, 0.2) is 36.7 Å². The van der Waals surface area contributed by atoms with Crippen molar-refractivity contribution in [3.63, 3.8) is 0 Å². The Morgan fingerprint density at radius 3 is 0.800 bits per heavy atom. The maximum Gasteiger partial charge on any atom is 0.212 e. The predicted molar refractivity (Wildman–Crippen MR) is 570 cm³/mol. The summed E-state index contributed by atoms with van der Waals surface area (Å²) in [5.74, 6) is 1.06. The summed E-state index contributed by atoms with van der Waals surface area (Å²) in [6, 6.07) is 127. The van der Waals surface area contributed by atoms with E-state index in [4.69, 9.17) is 0 Å². The molecule has 0 unspecified atom stereocenters. The summed E-state index contributed by atoms with van der Waals surface area (Å²) < 4.78 is 13.1. The summed E-state index contributed by atoms with van der Waals surface area (Å²) in [6.45, 7) is 37.4. The Kier molecular flexibility index (Phi) is 33.3. The third-order valence-electron chi connectivity index (χ3n) is 26.0. The van der Waals surface area contributed by atoms with Crippen LogP contribution in [-0.4, -0.2) is 0 Å². The normalized spacial score (nSPS) is 10.8. The van der Waals surface area contributed by atoms with Crippen molar-refractivity contribution >= 4 is 0 Å². The van der Waals surface area contributed by atoms with Crippen LogP contribution in [0.2, 0.25) is 0 Å². The molecule has 6 nitrogen and oxygen atoms in total. The summed E-state index contributed by atoms with van der Waals surface area (Å²) in [5.41, 5.74) is 50.6. The molecule has 135 heavy (non-hydrogen) atoms. The standard InChI is InChI=1S/C25H22N.C25H30N.C23H26N.C21H22N.C19H18N.C16H20N/c1-19-14-15-23(18-24(19)25-13-6-7-16-26(25)2)22-12-8-11-21(17-22)20-9-4-3-5-10-20;1-17(2)21-13-22(18(3)4)15-23(14-21)20-11-10-19(5)24(16-20)25-9-7-8-12-26(25)6;1-5-18-13-19(6-2)15-21(14-18)20-11-10-17(3)22(16-20)23-9-7-8-12-24(23)4;1-15-11-16(2)13-19(12-15)18-9-8-17(3)20(14-18)21-7-5-6-10-22(21)4;1-15-11-12-17(16-8-4-3-5-9-16)14-18(15)19-10-6-7-13-20(19)2;1-11-6-7-13(3)15(9-11)16-10-12(2)8-14(4)17(16)5/h3-18H,1-2H3;7-18H,1-6H3;7-16H,5-6H2,1-4H3;5-14H,1-4H3;3-14H,1-2H3;6-10H,1-5H3/q6*+1. The van der Waals surface area contributed by atoms with Crippen LogP contribution >= 0.6 is 0 Å². The number of aryl methyl sites for hydroxylation is 18. The van der Waals surface area contributed by atoms with Crippen LogP contribution in [0.4, 0.5) is 0 Å². The van der Waals surface area contributed by atoms with Gasteiger partial charge in [0.25, 0.3) is 0 Å². The lowest BCUT2D eigenvalue weighted by atomic mass is 9.89. The van der Waals surface area contributed by atoms with Gasteiger partial charge in [0, 0.05) is 113 Å². The highest BCUT2D eigenvalue weighted by molar-refractivity contribution is 5.80. The van der Waals surface area contributed by atoms with Gasteiger partial charge >= 0.3 is 0 Å². The van der Waals surface area contributed by atoms with E-state index in [1.54, 1.807) is 0 Å². The molecular formula is C129H138N6+6. The maximum atomic E-state index is 2.37. The van der Waals surface area contributed by atoms with Crippen molar-refractivity contribution in [1.82, 2.24) is 0 Å². The second-order valence-corrected chi connectivity index (χ2v) is 37.2. The summed E-state index contributed by atoms with van der Waals surface area (Å²) in [5, 5.41) is 0. The van der Waals surface area contributed by atoms with E-state index in [2.05, 4.69) is 570 Å². The van der Waals surface area contributed by atoms with Crippen LogP contribution in [0.3, 0.4) is 0 Å². The minimum Gasteiger partial charge on any atom is -0.201 e. The first kappa shape index (κ1) is 98.1. The fourth-order valence-electron chi connectivity index (χ4n) is 17.8. The Morgan fingerprint density at radius 2 is 0.467 bits per heavy atom. The Hall–Kier alpha value is -14.5. The number of hydrogen-bond donors (Lipinski definition) is 0. The predicted octanol–water partition coefficient (Wildman–Crippen LogP) is 29.8. The SMILES string of the molecule is CCc1cc(CC)cc(-c2ccc(C)c(-c3cccc[n+]3C)c2)c1.Cc1cc(C)cc(-c2ccc(C)c(-c3cccc[n+]3C)c2)c1.Cc1ccc(-c2cc(C(C)C)cc(C(C)C)c2)cc1-c1cccc[n+]1C.Cc1ccc(-c2cccc(-c3ccccc3)c2)cc1-c1cccc[n+]1C.Cc1ccc(-c2ccccc2)cc1-c1cccc[n+]1C.Cc1ccc(C)c(-c2cc(C)cc(C)[n+]2C)c1. The zero-order valence-corrected chi connectivity index (χ0v) is 84.1. The molecule has 0 aliphatic rings. The Morgan fingerprint density at radius 1 is 0.193 bits per heavy atom. The number of nitrogens with zero attached hydrogens (tertiary/aromatic N) is 6. The van der Waals surface area contributed by atoms with Crippen LogP contribution in [0.1, 0.15) is 137 Å². The van der Waals surface area contributed by atoms with E-state index in [0.29, 0.717) is 11.8 Å². The highest BCUT2D eigenvalue weighted by Gasteiger charge is 2.22. The van der Waals surface area contributed by atoms with E-state index in [0.717, 1.165) is 12.8 Å². The molecule has 0 bridgehead atoms. The van der Waals surface area contributed by atoms with Crippen LogP contribution in [-0.2, 0) is 55.1 Å². The Balaban J connectivity index is 0.000000138. The van der Waals surface area contributed by atoms with Crippen molar-refractivity contribution in [1.29, 1.82) is 0 Å². The van der Waals surface area contributed by atoms with Gasteiger partial charge in [0.05, 0.1) is 0 Å². The molecule has 18 rings (SSSR count). The van der Waals surface area contributed by atoms with Gasteiger partial charge in [0.1, 0.15) is 42.3 Å². The number of aromatic nitrogens is 6. The smallest absolute Gasteiger partial charge is 0.201 e. The molecule has 0 amide bonds. The Bertz CT molecular complexity index is 7080. The first-order valence-corrected chi connectivity index (χ1v) is 47.9. The minimum absolute atomic E-state index is 0.532. The quantitative estimate of drug-likeness (QED) is 0.0861. The van der Waals surface area contributed by atoms with E-state index in [9.17, 15) is 0 Å². The molecular weight excluding hydrogens is 1630 g/mol. The molecule has 678 valence electrons. The average Bonchev–Trinajstić information content (AvgIpc) is 0.784. The second-order valence-electron chi connectivity index (χ2n) is 37.2. The molecule has 0 saturated carbocycles. The van der Waals surface area contributed by atoms with E-state index >= 15 is 0 Å². The molecule has 6 heteroatoms. The van der Waals surface area contributed by atoms with Crippen molar-refractivity contribution < 1.29 is 27.4 Å². The van der Waals surface area contributed by atoms with Gasteiger partial charge in [-0.3, -0.25) is 0 Å². The lowest BCUT2D eigenvalue weighted by Gasteiger charge is -2.15. The number of hydrogen-bond acceptors (Lipinski definition) is 0. The van der Waals surface area contributed by atoms with Gasteiger partial charge in [-0.15, -0.1) is 0 Å². The van der Waals surface area contributed by atoms with E-state index < -0.39 is 0 Å². The molecule has 0 atom stereocenters. The molecule has 0 aliphatic heterocycles. The molecule has 6 heterocycles. The summed E-state index contributed by atoms with van der Waals surface area (Å²) in [7, 11) is 12.6. The lowest BCUT2D eigenvalue weighted by Crippen LogP contribution is -2.35. The molecule has 0 fully saturated rings. The van der Waals surface area contributed by atoms with Crippen LogP contribution in [0, 0.1) is 76.2 Å². The fraction of sp³-hybridized carbons (Fsp3) is 0.209. The first-order valence-electron chi connectivity index (χ1n) is 47.9. The summed E-state index contributed by atoms with van der Waals surface area (Å²) >= 11 is 0. The van der Waals surface area contributed by atoms with Gasteiger partial charge in [-0.2, -0.15) is 4.57 Å². The van der Waals surface area contributed by atoms with Gasteiger partial charge in [-0.1, -0.05) is 264 Å². The lowest BCUT2D eigenvalue weighted by molar-refractivity contribution is -0.666. The second kappa shape index (κ2) is 45.8. The molecule has 18 aromatic rings. The minimum atomic E-state index is 0.532. The van der Waals surface area contributed by atoms with Crippen molar-refractivity contribution in [2.75, 3.05) is 0 Å². The van der Waals surface area contributed by atoms with Crippen molar-refractivity contribution in [2.45, 2.75) is 142 Å². The number of rotatable bonds is 16. The molecule has 12 aromatic carbocycles. The number of benzene rings is 12. The fourth-order valence-corrected chi connectivity index (χ4v) is 17.8. The van der Waals surface area contributed by atoms with E-state index in [1.807, 2.05) is 0 Å². The summed E-state index contributed by atoms with van der Waals surface area (Å²) in [6.07, 6.45) is 12.6. The molecule has 0 spiro atoms. The molecule has 0 saturated heterocycles.